The predicted octanol–water partition coefficient (Wildman–Crippen LogP) is 7.98. The number of anilines is 1. The lowest BCUT2D eigenvalue weighted by atomic mass is 9.65. The molecule has 6 aromatic rings. The maximum absolute atomic E-state index is 16.6. The first-order valence-electron chi connectivity index (χ1n) is 23.5. The summed E-state index contributed by atoms with van der Waals surface area (Å²) >= 11 is 0. The van der Waals surface area contributed by atoms with Crippen molar-refractivity contribution in [1.82, 2.24) is 20.4 Å². The minimum absolute atomic E-state index is 0.0185. The molecule has 0 aliphatic carbocycles. The Morgan fingerprint density at radius 1 is 0.857 bits per heavy atom. The number of benzene rings is 6. The number of imide groups is 1. The number of amides is 4. The first-order chi connectivity index (χ1) is 34.2. The molecular weight excluding hydrogens is 879 g/mol. The Bertz CT molecular complexity index is 2930. The van der Waals surface area contributed by atoms with Crippen molar-refractivity contribution >= 4 is 29.5 Å². The average Bonchev–Trinajstić information content (AvgIpc) is 3.84. The second kappa shape index (κ2) is 20.8. The summed E-state index contributed by atoms with van der Waals surface area (Å²) < 4.78 is 12.9. The van der Waals surface area contributed by atoms with E-state index in [0.29, 0.717) is 41.1 Å². The predicted molar refractivity (Wildman–Crippen MR) is 267 cm³/mol. The number of carbonyl (C=O) groups is 4. The maximum atomic E-state index is 16.6. The summed E-state index contributed by atoms with van der Waals surface area (Å²) in [7, 11) is 1.98. The smallest absolute Gasteiger partial charge is 0.329 e. The Morgan fingerprint density at radius 3 is 2.19 bits per heavy atom. The summed E-state index contributed by atoms with van der Waals surface area (Å²) in [6.07, 6.45) is 0.613. The molecular formula is C58H55N5O7. The Hall–Kier alpha value is -7.82. The van der Waals surface area contributed by atoms with E-state index in [9.17, 15) is 5.11 Å². The number of nitrogens with zero attached hydrogens (tertiary/aromatic N) is 3. The lowest BCUT2D eigenvalue weighted by molar-refractivity contribution is -0.178. The number of nitrogens with one attached hydrogen (secondary N) is 2. The largest absolute Gasteiger partial charge is 0.491 e. The van der Waals surface area contributed by atoms with Crippen LogP contribution in [0.5, 0.6) is 5.75 Å². The Labute approximate surface area is 408 Å². The van der Waals surface area contributed by atoms with Gasteiger partial charge in [0.05, 0.1) is 42.9 Å². The zero-order valence-electron chi connectivity index (χ0n) is 39.1. The van der Waals surface area contributed by atoms with Gasteiger partial charge in [0.1, 0.15) is 29.9 Å². The topological polar surface area (TPSA) is 141 Å². The number of carbonyl (C=O) groups excluding carboxylic acids is 4. The lowest BCUT2D eigenvalue weighted by Crippen LogP contribution is -2.56. The molecule has 1 spiro atoms. The highest BCUT2D eigenvalue weighted by atomic mass is 16.6. The molecule has 12 nitrogen and oxygen atoms in total. The van der Waals surface area contributed by atoms with Gasteiger partial charge in [-0.15, -0.1) is 6.58 Å². The fourth-order valence-corrected chi connectivity index (χ4v) is 10.5. The summed E-state index contributed by atoms with van der Waals surface area (Å²) in [6.45, 7) is 6.39. The van der Waals surface area contributed by atoms with Crippen LogP contribution in [0.2, 0.25) is 0 Å². The monoisotopic (exact) mass is 933 g/mol. The van der Waals surface area contributed by atoms with Gasteiger partial charge in [0.25, 0.3) is 0 Å². The number of morpholine rings is 1. The molecule has 0 aromatic heterocycles. The molecule has 3 aliphatic rings. The van der Waals surface area contributed by atoms with E-state index in [4.69, 9.17) is 9.47 Å². The van der Waals surface area contributed by atoms with Gasteiger partial charge in [0.2, 0.25) is 11.8 Å². The van der Waals surface area contributed by atoms with Gasteiger partial charge >= 0.3 is 12.0 Å². The molecule has 0 unspecified atom stereocenters. The lowest BCUT2D eigenvalue weighted by Gasteiger charge is -2.46. The van der Waals surface area contributed by atoms with Crippen molar-refractivity contribution in [3.05, 3.63) is 215 Å². The number of rotatable bonds is 14. The van der Waals surface area contributed by atoms with Crippen LogP contribution in [0.15, 0.2) is 176 Å². The molecule has 12 heteroatoms. The first kappa shape index (κ1) is 47.3. The van der Waals surface area contributed by atoms with E-state index in [2.05, 4.69) is 46.1 Å². The standard InChI is InChI=1S/C58H55N5O7/c1-4-33-59-54(65)49-51-55(66)70-52(44-27-15-8-16-28-44)50(43-25-13-7-14-26-43)63(51)53(45-29-17-18-30-48(45)69-36-35-64)58(49)46-37-40(22-19-34-61(3)38-41-20-9-5-10-21-41)31-32-47(46)62(56(58)67)57(68)60-39(2)42-23-11-6-12-24-42/h4-18,20-21,23-32,37,39,49-53,64H,1,33-36,38H2,2-3H3,(H,59,65)(H,60,68)/t39-,49+,50+,51+,52-,53-,58+/m1/s1. The summed E-state index contributed by atoms with van der Waals surface area (Å²) in [5.74, 6) is 3.38. The number of hydrogen-bond acceptors (Lipinski definition) is 9. The van der Waals surface area contributed by atoms with Gasteiger partial charge in [-0.3, -0.25) is 24.2 Å². The maximum Gasteiger partial charge on any atom is 0.329 e. The molecule has 3 N–H and O–H groups in total. The summed E-state index contributed by atoms with van der Waals surface area (Å²) in [5, 5.41) is 16.1. The van der Waals surface area contributed by atoms with Crippen molar-refractivity contribution < 1.29 is 33.8 Å². The van der Waals surface area contributed by atoms with Gasteiger partial charge in [0, 0.05) is 24.2 Å². The Morgan fingerprint density at radius 2 is 1.50 bits per heavy atom. The molecule has 7 atom stereocenters. The van der Waals surface area contributed by atoms with E-state index in [1.54, 1.807) is 30.3 Å². The van der Waals surface area contributed by atoms with Crippen molar-refractivity contribution in [3.63, 3.8) is 0 Å². The van der Waals surface area contributed by atoms with Crippen LogP contribution in [0, 0.1) is 17.8 Å². The van der Waals surface area contributed by atoms with Crippen LogP contribution in [0.1, 0.15) is 70.1 Å². The number of cyclic esters (lactones) is 1. The SMILES string of the molecule is C=CCNC(=O)[C@@H]1[C@H]2C(=O)O[C@H](c3ccccc3)[C@H](c3ccccc3)N2[C@H](c2ccccc2OCCO)[C@@]12C(=O)N(C(=O)N[C@H](C)c1ccccc1)c1ccc(C#CCN(C)Cc3ccccc3)cc12. The highest BCUT2D eigenvalue weighted by molar-refractivity contribution is 6.24. The molecule has 9 rings (SSSR count). The molecule has 0 bridgehead atoms. The molecule has 3 aliphatic heterocycles. The van der Waals surface area contributed by atoms with E-state index in [0.717, 1.165) is 21.6 Å². The van der Waals surface area contributed by atoms with Crippen molar-refractivity contribution in [2.75, 3.05) is 38.3 Å². The molecule has 354 valence electrons. The molecule has 0 saturated carbocycles. The van der Waals surface area contributed by atoms with E-state index < -0.39 is 65.4 Å². The molecule has 6 aromatic carbocycles. The number of fused-ring (bicyclic) bond motifs is 3. The first-order valence-corrected chi connectivity index (χ1v) is 23.5. The van der Waals surface area contributed by atoms with Crippen LogP contribution in [0.25, 0.3) is 0 Å². The van der Waals surface area contributed by atoms with Gasteiger partial charge in [0.15, 0.2) is 0 Å². The molecule has 2 fully saturated rings. The number of hydrogen-bond donors (Lipinski definition) is 3. The molecule has 70 heavy (non-hydrogen) atoms. The molecule has 3 heterocycles. The Kier molecular flexibility index (Phi) is 14.0. The zero-order valence-corrected chi connectivity index (χ0v) is 39.1. The number of para-hydroxylation sites is 1. The second-order valence-corrected chi connectivity index (χ2v) is 17.8. The van der Waals surface area contributed by atoms with Gasteiger partial charge in [-0.25, -0.2) is 9.69 Å². The van der Waals surface area contributed by atoms with Crippen LogP contribution in [-0.4, -0.2) is 78.1 Å². The molecule has 4 amide bonds. The highest BCUT2D eigenvalue weighted by Gasteiger charge is 2.76. The number of aliphatic hydroxyl groups excluding tert-OH is 1. The highest BCUT2D eigenvalue weighted by Crippen LogP contribution is 2.66. The normalized spacial score (nSPS) is 21.8. The van der Waals surface area contributed by atoms with E-state index in [1.807, 2.05) is 140 Å². The van der Waals surface area contributed by atoms with Gasteiger partial charge < -0.3 is 25.2 Å². The van der Waals surface area contributed by atoms with Crippen molar-refractivity contribution in [2.24, 2.45) is 5.92 Å². The van der Waals surface area contributed by atoms with E-state index in [-0.39, 0.29) is 25.4 Å². The quantitative estimate of drug-likeness (QED) is 0.0564. The van der Waals surface area contributed by atoms with Crippen LogP contribution in [0.3, 0.4) is 0 Å². The molecule has 0 radical (unpaired) electrons. The van der Waals surface area contributed by atoms with Crippen LogP contribution < -0.4 is 20.3 Å². The summed E-state index contributed by atoms with van der Waals surface area (Å²) in [4.78, 5) is 67.8. The Balaban J connectivity index is 1.31. The third-order valence-electron chi connectivity index (χ3n) is 13.4. The summed E-state index contributed by atoms with van der Waals surface area (Å²) in [6, 6.07) is 46.3. The van der Waals surface area contributed by atoms with E-state index >= 15 is 19.2 Å². The average molecular weight is 934 g/mol. The number of urea groups is 1. The van der Waals surface area contributed by atoms with E-state index in [1.165, 1.54) is 6.08 Å². The fraction of sp³-hybridized carbons (Fsp3) is 0.241. The van der Waals surface area contributed by atoms with Crippen molar-refractivity contribution in [2.45, 2.75) is 49.2 Å². The van der Waals surface area contributed by atoms with Crippen molar-refractivity contribution in [1.29, 1.82) is 0 Å². The van der Waals surface area contributed by atoms with Crippen LogP contribution >= 0.6 is 0 Å². The van der Waals surface area contributed by atoms with Crippen molar-refractivity contribution in [3.8, 4) is 17.6 Å². The second-order valence-electron chi connectivity index (χ2n) is 17.8. The third-order valence-corrected chi connectivity index (χ3v) is 13.4. The number of esters is 1. The van der Waals surface area contributed by atoms with Gasteiger partial charge in [-0.1, -0.05) is 157 Å². The minimum Gasteiger partial charge on any atom is -0.491 e. The molecule has 2 saturated heterocycles. The third kappa shape index (κ3) is 8.87. The van der Waals surface area contributed by atoms with Gasteiger partial charge in [-0.05, 0) is 66.1 Å². The van der Waals surface area contributed by atoms with Gasteiger partial charge in [-0.2, -0.15) is 0 Å². The van der Waals surface area contributed by atoms with Crippen LogP contribution in [-0.2, 0) is 31.1 Å². The van der Waals surface area contributed by atoms with Crippen LogP contribution in [0.4, 0.5) is 10.5 Å². The minimum atomic E-state index is -2.03. The number of aliphatic hydroxyl groups is 1. The summed E-state index contributed by atoms with van der Waals surface area (Å²) in [5.41, 5.74) is 2.93. The number of ether oxygens (including phenoxy) is 2. The zero-order chi connectivity index (χ0) is 48.8. The fourth-order valence-electron chi connectivity index (χ4n) is 10.5.